The number of aromatic nitrogens is 1. The fraction of sp³-hybridized carbons (Fsp3) is 0.286. The van der Waals surface area contributed by atoms with Gasteiger partial charge in [-0.1, -0.05) is 36.3 Å². The predicted octanol–water partition coefficient (Wildman–Crippen LogP) is 3.83. The number of amides is 1. The number of benzene rings is 2. The third kappa shape index (κ3) is 3.89. The van der Waals surface area contributed by atoms with Crippen LogP contribution in [0.25, 0.3) is 11.0 Å². The monoisotopic (exact) mass is 396 g/mol. The van der Waals surface area contributed by atoms with Gasteiger partial charge in [0.25, 0.3) is 5.91 Å². The molecule has 7 heteroatoms. The van der Waals surface area contributed by atoms with Crippen molar-refractivity contribution in [1.29, 1.82) is 0 Å². The number of fused-ring (bicyclic) bond motifs is 2. The van der Waals surface area contributed by atoms with Gasteiger partial charge in [-0.3, -0.25) is 9.59 Å². The molecule has 0 saturated heterocycles. The molecule has 2 heterocycles. The van der Waals surface area contributed by atoms with Crippen molar-refractivity contribution in [2.24, 2.45) is 0 Å². The molecule has 4 rings (SSSR count). The van der Waals surface area contributed by atoms with Crippen LogP contribution in [0.5, 0.6) is 0 Å². The number of para-hydroxylation sites is 2. The van der Waals surface area contributed by atoms with E-state index < -0.39 is 5.97 Å². The van der Waals surface area contributed by atoms with Gasteiger partial charge in [0.15, 0.2) is 12.2 Å². The van der Waals surface area contributed by atoms with Crippen molar-refractivity contribution in [1.82, 2.24) is 5.16 Å². The molecule has 0 bridgehead atoms. The Kier molecular flexibility index (Phi) is 5.34. The molecule has 28 heavy (non-hydrogen) atoms. The molecule has 0 saturated carbocycles. The van der Waals surface area contributed by atoms with Crippen LogP contribution < -0.4 is 4.90 Å². The summed E-state index contributed by atoms with van der Waals surface area (Å²) in [5, 5.41) is 5.12. The van der Waals surface area contributed by atoms with E-state index in [2.05, 4.69) is 12.1 Å². The average molecular weight is 396 g/mol. The summed E-state index contributed by atoms with van der Waals surface area (Å²) in [6, 6.07) is 15.2. The van der Waals surface area contributed by atoms with Crippen molar-refractivity contribution in [2.45, 2.75) is 29.9 Å². The van der Waals surface area contributed by atoms with Gasteiger partial charge in [0.2, 0.25) is 0 Å². The lowest BCUT2D eigenvalue weighted by Crippen LogP contribution is -2.36. The molecule has 144 valence electrons. The van der Waals surface area contributed by atoms with Crippen LogP contribution >= 0.6 is 11.8 Å². The minimum Gasteiger partial charge on any atom is -0.455 e. The topological polar surface area (TPSA) is 72.6 Å². The Morgan fingerprint density at radius 2 is 2.00 bits per heavy atom. The summed E-state index contributed by atoms with van der Waals surface area (Å²) in [5.74, 6) is -0.723. The molecule has 0 N–H and O–H groups in total. The van der Waals surface area contributed by atoms with Gasteiger partial charge >= 0.3 is 5.97 Å². The second kappa shape index (κ2) is 8.06. The van der Waals surface area contributed by atoms with E-state index in [1.54, 1.807) is 22.7 Å². The number of hydrogen-bond acceptors (Lipinski definition) is 6. The molecule has 2 aromatic carbocycles. The molecule has 1 amide bonds. The Balaban J connectivity index is 1.41. The summed E-state index contributed by atoms with van der Waals surface area (Å²) < 4.78 is 10.4. The van der Waals surface area contributed by atoms with Crippen LogP contribution in [0.2, 0.25) is 0 Å². The molecule has 0 spiro atoms. The molecule has 6 nitrogen and oxygen atoms in total. The van der Waals surface area contributed by atoms with Gasteiger partial charge in [-0.2, -0.15) is 0 Å². The van der Waals surface area contributed by atoms with Gasteiger partial charge < -0.3 is 14.2 Å². The van der Waals surface area contributed by atoms with Gasteiger partial charge in [-0.05, 0) is 30.7 Å². The first-order chi connectivity index (χ1) is 13.6. The molecular formula is C21H20N2O4S. The molecule has 1 aliphatic heterocycles. The average Bonchev–Trinajstić information content (AvgIpc) is 3.01. The van der Waals surface area contributed by atoms with Crippen LogP contribution in [0.15, 0.2) is 57.9 Å². The van der Waals surface area contributed by atoms with E-state index in [4.69, 9.17) is 9.26 Å². The maximum atomic E-state index is 12.7. The van der Waals surface area contributed by atoms with Crippen LogP contribution in [0, 0.1) is 0 Å². The fourth-order valence-electron chi connectivity index (χ4n) is 3.22. The highest BCUT2D eigenvalue weighted by Gasteiger charge is 2.25. The lowest BCUT2D eigenvalue weighted by molar-refractivity contribution is -0.147. The molecule has 0 radical (unpaired) electrons. The predicted molar refractivity (Wildman–Crippen MR) is 107 cm³/mol. The molecular weight excluding hydrogens is 376 g/mol. The summed E-state index contributed by atoms with van der Waals surface area (Å²) in [6.45, 7) is 2.47. The summed E-state index contributed by atoms with van der Waals surface area (Å²) in [7, 11) is 0. The van der Waals surface area contributed by atoms with E-state index in [9.17, 15) is 9.59 Å². The Morgan fingerprint density at radius 1 is 1.21 bits per heavy atom. The van der Waals surface area contributed by atoms with Crippen molar-refractivity contribution in [3.05, 3.63) is 54.2 Å². The highest BCUT2D eigenvalue weighted by atomic mass is 32.2. The fourth-order valence-corrected chi connectivity index (χ4v) is 4.33. The largest absolute Gasteiger partial charge is 0.455 e. The Morgan fingerprint density at radius 3 is 2.89 bits per heavy atom. The zero-order chi connectivity index (χ0) is 19.5. The van der Waals surface area contributed by atoms with Crippen molar-refractivity contribution < 1.29 is 18.8 Å². The second-order valence-corrected chi connectivity index (χ2v) is 8.17. The first-order valence-electron chi connectivity index (χ1n) is 9.17. The van der Waals surface area contributed by atoms with Crippen LogP contribution in [-0.2, 0) is 20.7 Å². The highest BCUT2D eigenvalue weighted by molar-refractivity contribution is 8.00. The zero-order valence-electron chi connectivity index (χ0n) is 15.5. The minimum absolute atomic E-state index is 0.0340. The smallest absolute Gasteiger partial charge is 0.312 e. The molecule has 1 aliphatic rings. The highest BCUT2D eigenvalue weighted by Crippen LogP contribution is 2.37. The molecule has 0 fully saturated rings. The van der Waals surface area contributed by atoms with Crippen molar-refractivity contribution >= 4 is 40.3 Å². The van der Waals surface area contributed by atoms with Crippen LogP contribution in [0.3, 0.4) is 0 Å². The number of carbonyl (C=O) groups is 2. The maximum Gasteiger partial charge on any atom is 0.312 e. The molecule has 1 atom stereocenters. The number of thioether (sulfide) groups is 1. The van der Waals surface area contributed by atoms with Gasteiger partial charge in [-0.25, -0.2) is 0 Å². The summed E-state index contributed by atoms with van der Waals surface area (Å²) in [6.07, 6.45) is 0.845. The van der Waals surface area contributed by atoms with Gasteiger partial charge in [-0.15, -0.1) is 11.8 Å². The maximum absolute atomic E-state index is 12.7. The number of anilines is 1. The Labute approximate surface area is 166 Å². The second-order valence-electron chi connectivity index (χ2n) is 6.69. The number of hydrogen-bond donors (Lipinski definition) is 0. The summed E-state index contributed by atoms with van der Waals surface area (Å²) in [4.78, 5) is 27.8. The van der Waals surface area contributed by atoms with E-state index >= 15 is 0 Å². The quantitative estimate of drug-likeness (QED) is 0.624. The van der Waals surface area contributed by atoms with Crippen molar-refractivity contribution in [3.8, 4) is 0 Å². The minimum atomic E-state index is -0.502. The Bertz CT molecular complexity index is 1020. The van der Waals surface area contributed by atoms with E-state index in [0.717, 1.165) is 22.4 Å². The van der Waals surface area contributed by atoms with Crippen LogP contribution in [-0.4, -0.2) is 35.4 Å². The van der Waals surface area contributed by atoms with E-state index in [1.807, 2.05) is 42.5 Å². The number of esters is 1. The summed E-state index contributed by atoms with van der Waals surface area (Å²) >= 11 is 1.76. The standard InChI is InChI=1S/C21H20N2O4S/c1-14-10-11-23(17-7-3-5-9-19(17)28-14)20(24)13-26-21(25)12-16-15-6-2-4-8-18(15)27-22-16/h2-9,14H,10-13H2,1H3/t14-/m0/s1. The van der Waals surface area contributed by atoms with E-state index in [1.165, 1.54) is 0 Å². The normalized spacial score (nSPS) is 16.5. The number of nitrogens with zero attached hydrogens (tertiary/aromatic N) is 2. The first kappa shape index (κ1) is 18.6. The lowest BCUT2D eigenvalue weighted by atomic mass is 10.2. The zero-order valence-corrected chi connectivity index (χ0v) is 16.3. The van der Waals surface area contributed by atoms with Gasteiger partial charge in [0.1, 0.15) is 5.69 Å². The third-order valence-corrected chi connectivity index (χ3v) is 5.90. The number of ether oxygens (including phenoxy) is 1. The molecule has 0 unspecified atom stereocenters. The van der Waals surface area contributed by atoms with Gasteiger partial charge in [0.05, 0.1) is 12.1 Å². The SMILES string of the molecule is C[C@H]1CCN(C(=O)COC(=O)Cc2noc3ccccc23)c2ccccc2S1. The van der Waals surface area contributed by atoms with Gasteiger partial charge in [0, 0.05) is 22.1 Å². The van der Waals surface area contributed by atoms with E-state index in [0.29, 0.717) is 23.1 Å². The molecule has 1 aromatic heterocycles. The molecule has 3 aromatic rings. The van der Waals surface area contributed by atoms with Crippen LogP contribution in [0.4, 0.5) is 5.69 Å². The third-order valence-electron chi connectivity index (χ3n) is 4.67. The van der Waals surface area contributed by atoms with Crippen LogP contribution in [0.1, 0.15) is 19.0 Å². The van der Waals surface area contributed by atoms with Crippen molar-refractivity contribution in [2.75, 3.05) is 18.1 Å². The Hall–Kier alpha value is -2.80. The molecule has 0 aliphatic carbocycles. The number of carbonyl (C=O) groups excluding carboxylic acids is 2. The van der Waals surface area contributed by atoms with Crippen molar-refractivity contribution in [3.63, 3.8) is 0 Å². The summed E-state index contributed by atoms with van der Waals surface area (Å²) in [5.41, 5.74) is 2.01. The van der Waals surface area contributed by atoms with E-state index in [-0.39, 0.29) is 18.9 Å². The first-order valence-corrected chi connectivity index (χ1v) is 10.0. The lowest BCUT2D eigenvalue weighted by Gasteiger charge is -2.22. The number of rotatable bonds is 4.